The topological polar surface area (TPSA) is 69.6 Å². The van der Waals surface area contributed by atoms with Crippen molar-refractivity contribution in [1.82, 2.24) is 10.2 Å². The molecule has 1 rings (SSSR count). The lowest BCUT2D eigenvalue weighted by molar-refractivity contribution is 0.00592. The van der Waals surface area contributed by atoms with Crippen LogP contribution in [0, 0.1) is 5.92 Å². The molecule has 0 aliphatic rings. The summed E-state index contributed by atoms with van der Waals surface area (Å²) in [6.45, 7) is 8.34. The summed E-state index contributed by atoms with van der Waals surface area (Å²) in [5.74, 6) is -0.329. The first-order valence-electron chi connectivity index (χ1n) is 8.09. The van der Waals surface area contributed by atoms with Crippen LogP contribution < -0.4 is 5.32 Å². The lowest BCUT2D eigenvalue weighted by Gasteiger charge is -2.29. The minimum Gasteiger partial charge on any atom is -0.388 e. The Morgan fingerprint density at radius 3 is 2.48 bits per heavy atom. The van der Waals surface area contributed by atoms with Crippen molar-refractivity contribution in [3.8, 4) is 0 Å². The highest BCUT2D eigenvalue weighted by Crippen LogP contribution is 2.19. The molecule has 0 aliphatic carbocycles. The number of hydrogen-bond donors (Lipinski definition) is 2. The van der Waals surface area contributed by atoms with E-state index in [0.717, 1.165) is 6.42 Å². The van der Waals surface area contributed by atoms with Gasteiger partial charge in [0, 0.05) is 31.3 Å². The highest BCUT2D eigenvalue weighted by Gasteiger charge is 2.27. The van der Waals surface area contributed by atoms with E-state index in [1.807, 2.05) is 20.8 Å². The minimum absolute atomic E-state index is 0.0777. The molecule has 5 nitrogen and oxygen atoms in total. The zero-order valence-electron chi connectivity index (χ0n) is 14.7. The molecule has 0 aliphatic heterocycles. The molecule has 2 amide bonds. The van der Waals surface area contributed by atoms with Crippen LogP contribution in [0.4, 0.5) is 0 Å². The predicted molar refractivity (Wildman–Crippen MR) is 91.5 cm³/mol. The molecule has 23 heavy (non-hydrogen) atoms. The number of benzene rings is 1. The second kappa shape index (κ2) is 8.11. The molecule has 5 heteroatoms. The molecule has 0 heterocycles. The quantitative estimate of drug-likeness (QED) is 0.810. The zero-order chi connectivity index (χ0) is 17.6. The van der Waals surface area contributed by atoms with Gasteiger partial charge in [0.2, 0.25) is 0 Å². The van der Waals surface area contributed by atoms with Gasteiger partial charge in [-0.3, -0.25) is 9.59 Å². The van der Waals surface area contributed by atoms with Crippen LogP contribution in [-0.4, -0.2) is 47.6 Å². The summed E-state index contributed by atoms with van der Waals surface area (Å²) in [6.07, 6.45) is 0.830. The summed E-state index contributed by atoms with van der Waals surface area (Å²) in [5, 5.41) is 13.1. The second-order valence-corrected chi connectivity index (χ2v) is 6.25. The molecule has 128 valence electrons. The highest BCUT2D eigenvalue weighted by atomic mass is 16.3. The Labute approximate surface area is 138 Å². The Morgan fingerprint density at radius 1 is 1.30 bits per heavy atom. The molecule has 2 N–H and O–H groups in total. The van der Waals surface area contributed by atoms with E-state index >= 15 is 0 Å². The smallest absolute Gasteiger partial charge is 0.253 e. The van der Waals surface area contributed by atoms with E-state index < -0.39 is 5.60 Å². The maximum Gasteiger partial charge on any atom is 0.253 e. The van der Waals surface area contributed by atoms with Gasteiger partial charge in [0.25, 0.3) is 11.8 Å². The van der Waals surface area contributed by atoms with Crippen molar-refractivity contribution in [1.29, 1.82) is 0 Å². The second-order valence-electron chi connectivity index (χ2n) is 6.25. The number of nitrogens with zero attached hydrogens (tertiary/aromatic N) is 1. The van der Waals surface area contributed by atoms with Crippen LogP contribution in [0.2, 0.25) is 0 Å². The average molecular weight is 320 g/mol. The highest BCUT2D eigenvalue weighted by molar-refractivity contribution is 5.99. The van der Waals surface area contributed by atoms with Gasteiger partial charge in [-0.15, -0.1) is 0 Å². The molecule has 2 atom stereocenters. The lowest BCUT2D eigenvalue weighted by atomic mass is 9.88. The van der Waals surface area contributed by atoms with Crippen molar-refractivity contribution in [2.45, 2.75) is 39.7 Å². The van der Waals surface area contributed by atoms with Gasteiger partial charge in [-0.2, -0.15) is 0 Å². The Morgan fingerprint density at radius 2 is 1.91 bits per heavy atom. The number of aliphatic hydroxyl groups is 1. The third-order valence-corrected chi connectivity index (χ3v) is 4.47. The monoisotopic (exact) mass is 320 g/mol. The van der Waals surface area contributed by atoms with E-state index in [1.54, 1.807) is 43.1 Å². The maximum atomic E-state index is 12.3. The third kappa shape index (κ3) is 5.06. The van der Waals surface area contributed by atoms with Gasteiger partial charge >= 0.3 is 0 Å². The summed E-state index contributed by atoms with van der Waals surface area (Å²) in [6, 6.07) is 6.64. The summed E-state index contributed by atoms with van der Waals surface area (Å²) in [5.41, 5.74) is -0.0590. The van der Waals surface area contributed by atoms with Gasteiger partial charge in [-0.05, 0) is 38.0 Å². The largest absolute Gasteiger partial charge is 0.388 e. The van der Waals surface area contributed by atoms with E-state index in [0.29, 0.717) is 17.7 Å². The van der Waals surface area contributed by atoms with E-state index in [2.05, 4.69) is 5.32 Å². The molecule has 2 unspecified atom stereocenters. The molecular formula is C18H28N2O3. The summed E-state index contributed by atoms with van der Waals surface area (Å²) in [7, 11) is 1.72. The predicted octanol–water partition coefficient (Wildman–Crippen LogP) is 2.31. The van der Waals surface area contributed by atoms with Gasteiger partial charge in [-0.25, -0.2) is 0 Å². The number of amides is 2. The lowest BCUT2D eigenvalue weighted by Crippen LogP contribution is -2.45. The van der Waals surface area contributed by atoms with Crippen LogP contribution in [0.5, 0.6) is 0 Å². The van der Waals surface area contributed by atoms with Crippen molar-refractivity contribution >= 4 is 11.8 Å². The Kier molecular flexibility index (Phi) is 6.76. The van der Waals surface area contributed by atoms with Crippen molar-refractivity contribution in [2.75, 3.05) is 20.1 Å². The average Bonchev–Trinajstić information content (AvgIpc) is 2.57. The van der Waals surface area contributed by atoms with Crippen LogP contribution >= 0.6 is 0 Å². The van der Waals surface area contributed by atoms with Gasteiger partial charge in [0.05, 0.1) is 5.60 Å². The Hall–Kier alpha value is -1.88. The number of rotatable bonds is 7. The van der Waals surface area contributed by atoms with E-state index in [1.165, 1.54) is 0 Å². The van der Waals surface area contributed by atoms with Crippen LogP contribution in [0.3, 0.4) is 0 Å². The number of hydrogen-bond acceptors (Lipinski definition) is 3. The van der Waals surface area contributed by atoms with Crippen LogP contribution in [0.15, 0.2) is 24.3 Å². The maximum absolute atomic E-state index is 12.3. The first-order valence-corrected chi connectivity index (χ1v) is 8.09. The molecule has 0 spiro atoms. The fraction of sp³-hybridized carbons (Fsp3) is 0.556. The molecular weight excluding hydrogens is 292 g/mol. The van der Waals surface area contributed by atoms with Crippen molar-refractivity contribution in [3.63, 3.8) is 0 Å². The third-order valence-electron chi connectivity index (χ3n) is 4.47. The number of nitrogens with one attached hydrogen (secondary N) is 1. The van der Waals surface area contributed by atoms with Gasteiger partial charge < -0.3 is 15.3 Å². The van der Waals surface area contributed by atoms with E-state index in [-0.39, 0.29) is 24.3 Å². The Bertz CT molecular complexity index is 555. The fourth-order valence-corrected chi connectivity index (χ4v) is 2.13. The van der Waals surface area contributed by atoms with Crippen LogP contribution in [-0.2, 0) is 0 Å². The molecule has 0 radical (unpaired) electrons. The Balaban J connectivity index is 2.80. The van der Waals surface area contributed by atoms with Gasteiger partial charge in [0.1, 0.15) is 0 Å². The van der Waals surface area contributed by atoms with Crippen molar-refractivity contribution < 1.29 is 14.7 Å². The van der Waals surface area contributed by atoms with Crippen LogP contribution in [0.1, 0.15) is 54.8 Å². The molecule has 0 bridgehead atoms. The molecule has 1 aromatic rings. The fourth-order valence-electron chi connectivity index (χ4n) is 2.13. The molecule has 1 aromatic carbocycles. The number of carbonyl (C=O) groups excluding carboxylic acids is 2. The SMILES string of the molecule is CCC(C)C(C)(O)CNC(=O)c1cccc(C(=O)N(C)CC)c1. The van der Waals surface area contributed by atoms with E-state index in [4.69, 9.17) is 0 Å². The zero-order valence-corrected chi connectivity index (χ0v) is 14.7. The molecule has 0 aromatic heterocycles. The van der Waals surface area contributed by atoms with Gasteiger partial charge in [-0.1, -0.05) is 26.3 Å². The minimum atomic E-state index is -0.958. The summed E-state index contributed by atoms with van der Waals surface area (Å²) in [4.78, 5) is 26.0. The van der Waals surface area contributed by atoms with Crippen LogP contribution in [0.25, 0.3) is 0 Å². The van der Waals surface area contributed by atoms with Gasteiger partial charge in [0.15, 0.2) is 0 Å². The molecule has 0 saturated carbocycles. The first kappa shape index (κ1) is 19.2. The molecule has 0 fully saturated rings. The normalized spacial score (nSPS) is 14.7. The molecule has 0 saturated heterocycles. The summed E-state index contributed by atoms with van der Waals surface area (Å²) >= 11 is 0. The number of carbonyl (C=O) groups is 2. The summed E-state index contributed by atoms with van der Waals surface area (Å²) < 4.78 is 0. The van der Waals surface area contributed by atoms with E-state index in [9.17, 15) is 14.7 Å². The standard InChI is InChI=1S/C18H28N2O3/c1-6-13(3)18(4,23)12-19-16(21)14-9-8-10-15(11-14)17(22)20(5)7-2/h8-11,13,23H,6-7,12H2,1-5H3,(H,19,21). The van der Waals surface area contributed by atoms with Crippen molar-refractivity contribution in [3.05, 3.63) is 35.4 Å². The van der Waals surface area contributed by atoms with Crippen molar-refractivity contribution in [2.24, 2.45) is 5.92 Å². The first-order chi connectivity index (χ1) is 10.7.